The summed E-state index contributed by atoms with van der Waals surface area (Å²) in [5.74, 6) is -0.755. The van der Waals surface area contributed by atoms with Crippen LogP contribution < -0.4 is 10.6 Å². The quantitative estimate of drug-likeness (QED) is 0.717. The van der Waals surface area contributed by atoms with Gasteiger partial charge < -0.3 is 15.5 Å². The Morgan fingerprint density at radius 1 is 1.28 bits per heavy atom. The molecule has 2 N–H and O–H groups in total. The predicted molar refractivity (Wildman–Crippen MR) is 91.1 cm³/mol. The Hall–Kier alpha value is -2.44. The molecule has 0 bridgehead atoms. The Labute approximate surface area is 146 Å². The zero-order valence-corrected chi connectivity index (χ0v) is 14.4. The first kappa shape index (κ1) is 18.9. The number of likely N-dealkylation sites (tertiary alicyclic amines) is 1. The molecule has 1 aliphatic rings. The maximum atomic E-state index is 13.2. The lowest BCUT2D eigenvalue weighted by Gasteiger charge is -2.32. The Balaban J connectivity index is 1.80. The van der Waals surface area contributed by atoms with E-state index in [4.69, 9.17) is 0 Å². The number of hydrogen-bond donors (Lipinski definition) is 2. The molecule has 1 aromatic carbocycles. The van der Waals surface area contributed by atoms with Gasteiger partial charge in [0, 0.05) is 39.5 Å². The summed E-state index contributed by atoms with van der Waals surface area (Å²) in [6, 6.07) is 6.31. The van der Waals surface area contributed by atoms with E-state index in [1.165, 1.54) is 19.1 Å². The van der Waals surface area contributed by atoms with Gasteiger partial charge in [-0.05, 0) is 30.5 Å². The van der Waals surface area contributed by atoms with Crippen LogP contribution in [0.3, 0.4) is 0 Å². The summed E-state index contributed by atoms with van der Waals surface area (Å²) in [4.78, 5) is 36.7. The summed E-state index contributed by atoms with van der Waals surface area (Å²) in [6.07, 6.45) is 1.43. The van der Waals surface area contributed by atoms with Crippen molar-refractivity contribution >= 4 is 17.7 Å². The minimum atomic E-state index is -0.293. The third kappa shape index (κ3) is 6.17. The molecule has 136 valence electrons. The van der Waals surface area contributed by atoms with Crippen molar-refractivity contribution in [2.24, 2.45) is 5.92 Å². The average molecular weight is 349 g/mol. The van der Waals surface area contributed by atoms with Gasteiger partial charge in [-0.25, -0.2) is 4.39 Å². The largest absolute Gasteiger partial charge is 0.355 e. The summed E-state index contributed by atoms with van der Waals surface area (Å²) < 4.78 is 13.2. The molecular formula is C18H24FN3O3. The van der Waals surface area contributed by atoms with Crippen LogP contribution in [0.15, 0.2) is 24.3 Å². The van der Waals surface area contributed by atoms with Crippen molar-refractivity contribution < 1.29 is 18.8 Å². The molecule has 1 heterocycles. The van der Waals surface area contributed by atoms with Gasteiger partial charge >= 0.3 is 0 Å². The molecule has 1 aromatic rings. The third-order valence-electron chi connectivity index (χ3n) is 4.23. The molecule has 1 aliphatic heterocycles. The molecule has 0 saturated carbocycles. The van der Waals surface area contributed by atoms with Crippen LogP contribution in [-0.4, -0.2) is 48.8 Å². The van der Waals surface area contributed by atoms with Crippen molar-refractivity contribution in [2.45, 2.75) is 26.2 Å². The number of carbonyl (C=O) groups excluding carboxylic acids is 3. The predicted octanol–water partition coefficient (Wildman–Crippen LogP) is 0.859. The number of rotatable bonds is 7. The Morgan fingerprint density at radius 2 is 2.04 bits per heavy atom. The van der Waals surface area contributed by atoms with Gasteiger partial charge in [0.2, 0.25) is 17.7 Å². The number of hydrogen-bond acceptors (Lipinski definition) is 3. The zero-order chi connectivity index (χ0) is 18.2. The third-order valence-corrected chi connectivity index (χ3v) is 4.23. The fourth-order valence-electron chi connectivity index (χ4n) is 2.87. The van der Waals surface area contributed by atoms with Crippen LogP contribution >= 0.6 is 0 Å². The van der Waals surface area contributed by atoms with Crippen LogP contribution in [0.5, 0.6) is 0 Å². The Kier molecular flexibility index (Phi) is 6.91. The monoisotopic (exact) mass is 349 g/mol. The van der Waals surface area contributed by atoms with E-state index < -0.39 is 0 Å². The van der Waals surface area contributed by atoms with Crippen LogP contribution in [0.1, 0.15) is 25.3 Å². The van der Waals surface area contributed by atoms with Crippen LogP contribution in [0.2, 0.25) is 0 Å². The van der Waals surface area contributed by atoms with Crippen LogP contribution in [-0.2, 0) is 20.8 Å². The summed E-state index contributed by atoms with van der Waals surface area (Å²) in [6.45, 7) is 3.02. The van der Waals surface area contributed by atoms with Gasteiger partial charge in [-0.1, -0.05) is 12.1 Å². The minimum absolute atomic E-state index is 0.0266. The number of nitrogens with zero attached hydrogens (tertiary/aromatic N) is 1. The van der Waals surface area contributed by atoms with E-state index in [1.54, 1.807) is 11.0 Å². The highest BCUT2D eigenvalue weighted by Gasteiger charge is 2.29. The number of amides is 3. The van der Waals surface area contributed by atoms with E-state index in [-0.39, 0.29) is 29.5 Å². The van der Waals surface area contributed by atoms with Gasteiger partial charge in [-0.3, -0.25) is 14.4 Å². The first-order valence-corrected chi connectivity index (χ1v) is 8.50. The molecule has 0 spiro atoms. The number of benzene rings is 1. The maximum absolute atomic E-state index is 13.2. The molecule has 1 saturated heterocycles. The van der Waals surface area contributed by atoms with E-state index >= 15 is 0 Å². The fourth-order valence-corrected chi connectivity index (χ4v) is 2.87. The van der Waals surface area contributed by atoms with E-state index in [0.717, 1.165) is 5.56 Å². The molecule has 6 nitrogen and oxygen atoms in total. The second-order valence-corrected chi connectivity index (χ2v) is 6.23. The normalized spacial score (nSPS) is 17.3. The van der Waals surface area contributed by atoms with Crippen molar-refractivity contribution in [3.63, 3.8) is 0 Å². The standard InChI is InChI=1S/C18H24FN3O3/c1-13(23)20-8-9-21-18(25)15-5-6-17(24)22(12-15)10-7-14-3-2-4-16(19)11-14/h2-4,11,15H,5-10,12H2,1H3,(H,20,23)(H,21,25). The van der Waals surface area contributed by atoms with E-state index in [9.17, 15) is 18.8 Å². The highest BCUT2D eigenvalue weighted by molar-refractivity contribution is 5.83. The first-order valence-electron chi connectivity index (χ1n) is 8.50. The van der Waals surface area contributed by atoms with Crippen molar-refractivity contribution in [1.82, 2.24) is 15.5 Å². The molecule has 0 radical (unpaired) electrons. The first-order chi connectivity index (χ1) is 12.0. The van der Waals surface area contributed by atoms with Crippen LogP contribution in [0.25, 0.3) is 0 Å². The van der Waals surface area contributed by atoms with Crippen molar-refractivity contribution in [3.8, 4) is 0 Å². The fraction of sp³-hybridized carbons (Fsp3) is 0.500. The lowest BCUT2D eigenvalue weighted by atomic mass is 9.96. The smallest absolute Gasteiger partial charge is 0.224 e. The van der Waals surface area contributed by atoms with Crippen molar-refractivity contribution in [1.29, 1.82) is 0 Å². The summed E-state index contributed by atoms with van der Waals surface area (Å²) in [7, 11) is 0. The van der Waals surface area contributed by atoms with E-state index in [1.807, 2.05) is 6.07 Å². The highest BCUT2D eigenvalue weighted by Crippen LogP contribution is 2.18. The summed E-state index contributed by atoms with van der Waals surface area (Å²) >= 11 is 0. The summed E-state index contributed by atoms with van der Waals surface area (Å²) in [5, 5.41) is 5.40. The van der Waals surface area contributed by atoms with Gasteiger partial charge in [0.25, 0.3) is 0 Å². The van der Waals surface area contributed by atoms with Crippen molar-refractivity contribution in [3.05, 3.63) is 35.6 Å². The van der Waals surface area contributed by atoms with E-state index in [0.29, 0.717) is 45.4 Å². The topological polar surface area (TPSA) is 78.5 Å². The molecule has 7 heteroatoms. The van der Waals surface area contributed by atoms with Crippen LogP contribution in [0, 0.1) is 11.7 Å². The van der Waals surface area contributed by atoms with Crippen LogP contribution in [0.4, 0.5) is 4.39 Å². The molecule has 0 aromatic heterocycles. The van der Waals surface area contributed by atoms with Gasteiger partial charge in [0.1, 0.15) is 5.82 Å². The number of carbonyl (C=O) groups is 3. The minimum Gasteiger partial charge on any atom is -0.355 e. The second-order valence-electron chi connectivity index (χ2n) is 6.23. The van der Waals surface area contributed by atoms with Gasteiger partial charge in [0.15, 0.2) is 0 Å². The number of piperidine rings is 1. The molecule has 3 amide bonds. The van der Waals surface area contributed by atoms with Gasteiger partial charge in [0.05, 0.1) is 5.92 Å². The number of nitrogens with one attached hydrogen (secondary N) is 2. The molecule has 25 heavy (non-hydrogen) atoms. The second kappa shape index (κ2) is 9.15. The average Bonchev–Trinajstić information content (AvgIpc) is 2.57. The Bertz CT molecular complexity index is 636. The molecule has 1 unspecified atom stereocenters. The molecular weight excluding hydrogens is 325 g/mol. The van der Waals surface area contributed by atoms with Gasteiger partial charge in [-0.2, -0.15) is 0 Å². The zero-order valence-electron chi connectivity index (χ0n) is 14.4. The molecule has 1 fully saturated rings. The SMILES string of the molecule is CC(=O)NCCNC(=O)C1CCC(=O)N(CCc2cccc(F)c2)C1. The Morgan fingerprint density at radius 3 is 2.76 bits per heavy atom. The number of halogens is 1. The highest BCUT2D eigenvalue weighted by atomic mass is 19.1. The molecule has 0 aliphatic carbocycles. The lowest BCUT2D eigenvalue weighted by molar-refractivity contribution is -0.138. The molecule has 1 atom stereocenters. The maximum Gasteiger partial charge on any atom is 0.224 e. The van der Waals surface area contributed by atoms with E-state index in [2.05, 4.69) is 10.6 Å². The van der Waals surface area contributed by atoms with Gasteiger partial charge in [-0.15, -0.1) is 0 Å². The molecule has 2 rings (SSSR count). The van der Waals surface area contributed by atoms with Crippen molar-refractivity contribution in [2.75, 3.05) is 26.2 Å². The summed E-state index contributed by atoms with van der Waals surface area (Å²) in [5.41, 5.74) is 0.828. The lowest BCUT2D eigenvalue weighted by Crippen LogP contribution is -2.47.